The Hall–Kier alpha value is -4.28. The number of amides is 1. The number of rotatable bonds is 6. The lowest BCUT2D eigenvalue weighted by Crippen LogP contribution is -2.99. The zero-order valence-corrected chi connectivity index (χ0v) is 20.2. The molecule has 5 rings (SSSR count). The largest absolute Gasteiger partial charge is 0.595 e. The Labute approximate surface area is 213 Å². The van der Waals surface area contributed by atoms with Crippen molar-refractivity contribution in [2.45, 2.75) is 5.37 Å². The second-order valence-corrected chi connectivity index (χ2v) is 10.3. The lowest BCUT2D eigenvalue weighted by Gasteiger charge is -2.24. The van der Waals surface area contributed by atoms with Gasteiger partial charge in [0.25, 0.3) is 5.91 Å². The van der Waals surface area contributed by atoms with Crippen LogP contribution in [0.1, 0.15) is 16.5 Å². The van der Waals surface area contributed by atoms with Crippen LogP contribution in [0.4, 0.5) is 11.4 Å². The Morgan fingerprint density at radius 1 is 0.838 bits per heavy atom. The molecule has 0 bridgehead atoms. The van der Waals surface area contributed by atoms with Crippen molar-refractivity contribution >= 4 is 33.2 Å². The van der Waals surface area contributed by atoms with Crippen LogP contribution < -0.4 is 14.9 Å². The lowest BCUT2D eigenvalue weighted by atomic mass is 10.1. The number of para-hydroxylation sites is 1. The number of nitrogens with zero attached hydrogens (tertiary/aromatic N) is 1. The fourth-order valence-corrected chi connectivity index (χ4v) is 6.07. The van der Waals surface area contributed by atoms with Crippen LogP contribution in [0.2, 0.25) is 0 Å². The number of sulfone groups is 1. The first kappa shape index (κ1) is 24.4. The first-order chi connectivity index (χ1) is 17.8. The van der Waals surface area contributed by atoms with Crippen molar-refractivity contribution in [3.05, 3.63) is 130 Å². The lowest BCUT2D eigenvalue weighted by molar-refractivity contribution is -0.991. The number of carbonyl (C=O) groups excluding carboxylic acids is 1. The summed E-state index contributed by atoms with van der Waals surface area (Å²) in [6.07, 6.45) is 1.33. The predicted molar refractivity (Wildman–Crippen MR) is 139 cm³/mol. The second-order valence-electron chi connectivity index (χ2n) is 8.33. The zero-order chi connectivity index (χ0) is 26.0. The van der Waals surface area contributed by atoms with Crippen LogP contribution in [0.5, 0.6) is 11.5 Å². The minimum absolute atomic E-state index is 0.0577. The highest BCUT2D eigenvalue weighted by molar-refractivity contribution is 7.97. The van der Waals surface area contributed by atoms with Gasteiger partial charge in [-0.05, 0) is 47.5 Å². The summed E-state index contributed by atoms with van der Waals surface area (Å²) in [4.78, 5) is 14.4. The fraction of sp³-hybridized carbons (Fsp3) is 0.0357. The molecule has 37 heavy (non-hydrogen) atoms. The van der Waals surface area contributed by atoms with E-state index in [0.29, 0.717) is 22.6 Å². The van der Waals surface area contributed by atoms with Crippen LogP contribution in [0.25, 0.3) is 6.08 Å². The van der Waals surface area contributed by atoms with E-state index in [4.69, 9.17) is 4.74 Å². The van der Waals surface area contributed by atoms with Crippen molar-refractivity contribution in [2.24, 2.45) is 0 Å². The van der Waals surface area contributed by atoms with Crippen molar-refractivity contribution in [3.8, 4) is 11.5 Å². The molecule has 9 heteroatoms. The normalized spacial score (nSPS) is 18.6. The van der Waals surface area contributed by atoms with E-state index >= 15 is 0 Å². The fourth-order valence-electron chi connectivity index (χ4n) is 4.18. The molecule has 0 aromatic heterocycles. The van der Waals surface area contributed by atoms with Gasteiger partial charge in [-0.25, -0.2) is 13.6 Å². The summed E-state index contributed by atoms with van der Waals surface area (Å²) >= 11 is 0. The van der Waals surface area contributed by atoms with Gasteiger partial charge in [0.1, 0.15) is 16.4 Å². The monoisotopic (exact) mass is 514 g/mol. The number of benzene rings is 4. The predicted octanol–water partition coefficient (Wildman–Crippen LogP) is 4.38. The summed E-state index contributed by atoms with van der Waals surface area (Å²) in [6, 6.07) is 29.9. The van der Waals surface area contributed by atoms with Crippen LogP contribution in [0, 0.1) is 5.21 Å². The molecule has 1 fully saturated rings. The number of nitrogens with one attached hydrogen (secondary N) is 1. The van der Waals surface area contributed by atoms with Crippen LogP contribution in [0.3, 0.4) is 0 Å². The van der Waals surface area contributed by atoms with E-state index in [1.807, 2.05) is 18.2 Å². The molecule has 2 N–H and O–H groups in total. The Balaban J connectivity index is 1.60. The molecule has 8 nitrogen and oxygen atoms in total. The van der Waals surface area contributed by atoms with Gasteiger partial charge < -0.3 is 9.94 Å². The molecule has 1 aliphatic heterocycles. The summed E-state index contributed by atoms with van der Waals surface area (Å²) in [5.41, 5.74) is 0.971. The third-order valence-electron chi connectivity index (χ3n) is 5.86. The maximum Gasteiger partial charge on any atom is 0.271 e. The highest BCUT2D eigenvalue weighted by Gasteiger charge is 2.50. The van der Waals surface area contributed by atoms with E-state index in [0.717, 1.165) is 4.90 Å². The van der Waals surface area contributed by atoms with Gasteiger partial charge in [-0.3, -0.25) is 9.69 Å². The van der Waals surface area contributed by atoms with Crippen LogP contribution >= 0.6 is 0 Å². The Kier molecular flexibility index (Phi) is 6.60. The van der Waals surface area contributed by atoms with Gasteiger partial charge in [-0.2, -0.15) is 5.23 Å². The molecule has 1 amide bonds. The average Bonchev–Trinajstić information content (AvgIpc) is 3.10. The van der Waals surface area contributed by atoms with E-state index in [1.54, 1.807) is 66.7 Å². The molecular formula is C28H22N2O6S. The van der Waals surface area contributed by atoms with E-state index in [1.165, 1.54) is 30.3 Å². The highest BCUT2D eigenvalue weighted by Crippen LogP contribution is 2.43. The van der Waals surface area contributed by atoms with Gasteiger partial charge in [0.2, 0.25) is 9.84 Å². The van der Waals surface area contributed by atoms with Gasteiger partial charge in [0.15, 0.2) is 11.1 Å². The molecule has 1 saturated heterocycles. The molecular weight excluding hydrogens is 492 g/mol. The van der Waals surface area contributed by atoms with Crippen molar-refractivity contribution in [1.29, 1.82) is 0 Å². The standard InChI is InChI=1S/C28H22N2O6S/c31-27-26(18-20-9-7-16-25(17-20)36-24-14-5-2-6-15-24)37(34,35)28(21-10-3-1-4-11-21)29(27)22-12-8-13-23(19-22)30(32)33/h1-19,28,30,32H/b26-18-. The minimum Gasteiger partial charge on any atom is -0.595 e. The molecule has 186 valence electrons. The molecule has 2 atom stereocenters. The van der Waals surface area contributed by atoms with Crippen molar-refractivity contribution in [1.82, 2.24) is 0 Å². The van der Waals surface area contributed by atoms with Gasteiger partial charge >= 0.3 is 0 Å². The Morgan fingerprint density at radius 3 is 2.19 bits per heavy atom. The van der Waals surface area contributed by atoms with E-state index < -0.39 is 26.3 Å². The number of hydrogen-bond acceptors (Lipinski definition) is 6. The number of carbonyl (C=O) groups is 1. The maximum absolute atomic E-state index is 13.8. The molecule has 4 aromatic rings. The molecule has 4 aromatic carbocycles. The van der Waals surface area contributed by atoms with Crippen molar-refractivity contribution in [2.75, 3.05) is 4.90 Å². The van der Waals surface area contributed by atoms with Crippen LogP contribution in [-0.4, -0.2) is 19.5 Å². The van der Waals surface area contributed by atoms with E-state index in [2.05, 4.69) is 0 Å². The quantitative estimate of drug-likeness (QED) is 0.292. The van der Waals surface area contributed by atoms with E-state index in [9.17, 15) is 23.6 Å². The Morgan fingerprint density at radius 2 is 1.49 bits per heavy atom. The number of quaternary nitrogens is 1. The molecule has 0 saturated carbocycles. The molecule has 0 aliphatic carbocycles. The summed E-state index contributed by atoms with van der Waals surface area (Å²) in [5, 5.41) is 18.5. The summed E-state index contributed by atoms with van der Waals surface area (Å²) in [7, 11) is -4.18. The third kappa shape index (κ3) is 4.89. The topological polar surface area (TPSA) is 111 Å². The zero-order valence-electron chi connectivity index (χ0n) is 19.4. The first-order valence-corrected chi connectivity index (χ1v) is 12.9. The SMILES string of the molecule is O=C1/C(=C/c2cccc(Oc3ccccc3)c2)S(=O)(=O)C(c2ccccc2)N1c1cccc([NH+]([O-])O)c1. The number of hydrogen-bond donors (Lipinski definition) is 2. The molecule has 2 unspecified atom stereocenters. The molecule has 0 radical (unpaired) electrons. The van der Waals surface area contributed by atoms with Gasteiger partial charge in [-0.15, -0.1) is 0 Å². The number of ether oxygens (including phenoxy) is 1. The van der Waals surface area contributed by atoms with Crippen LogP contribution in [-0.2, 0) is 14.6 Å². The molecule has 1 aliphatic rings. The highest BCUT2D eigenvalue weighted by atomic mass is 32.2. The second kappa shape index (κ2) is 10.00. The smallest absolute Gasteiger partial charge is 0.271 e. The van der Waals surface area contributed by atoms with Crippen molar-refractivity contribution in [3.63, 3.8) is 0 Å². The van der Waals surface area contributed by atoms with Crippen molar-refractivity contribution < 1.29 is 28.4 Å². The Bertz CT molecular complexity index is 1570. The van der Waals surface area contributed by atoms with Gasteiger partial charge in [-0.1, -0.05) is 66.7 Å². The first-order valence-electron chi connectivity index (χ1n) is 11.3. The summed E-state index contributed by atoms with van der Waals surface area (Å²) < 4.78 is 33.5. The third-order valence-corrected chi connectivity index (χ3v) is 7.83. The maximum atomic E-state index is 13.8. The molecule has 0 spiro atoms. The summed E-state index contributed by atoms with van der Waals surface area (Å²) in [5.74, 6) is 0.352. The van der Waals surface area contributed by atoms with E-state index in [-0.39, 0.29) is 16.3 Å². The number of anilines is 1. The molecule has 1 heterocycles. The van der Waals surface area contributed by atoms with Gasteiger partial charge in [0.05, 0.1) is 5.69 Å². The average molecular weight is 515 g/mol. The minimum atomic E-state index is -4.18. The van der Waals surface area contributed by atoms with Crippen LogP contribution in [0.15, 0.2) is 114 Å². The summed E-state index contributed by atoms with van der Waals surface area (Å²) in [6.45, 7) is 0. The van der Waals surface area contributed by atoms with Gasteiger partial charge in [0, 0.05) is 12.1 Å².